The number of nitrogens with zero attached hydrogens (tertiary/aromatic N) is 2. The van der Waals surface area contributed by atoms with E-state index in [2.05, 4.69) is 6.07 Å². The second kappa shape index (κ2) is 8.16. The molecule has 0 fully saturated rings. The van der Waals surface area contributed by atoms with Gasteiger partial charge in [-0.1, -0.05) is 41.9 Å². The van der Waals surface area contributed by atoms with Crippen molar-refractivity contribution in [3.05, 3.63) is 88.4 Å². The summed E-state index contributed by atoms with van der Waals surface area (Å²) in [5.74, 6) is 2.33. The van der Waals surface area contributed by atoms with Gasteiger partial charge >= 0.3 is 0 Å². The maximum atomic E-state index is 6.56. The van der Waals surface area contributed by atoms with E-state index in [0.29, 0.717) is 11.6 Å². The Morgan fingerprint density at radius 1 is 1.03 bits per heavy atom. The molecule has 2 atom stereocenters. The maximum absolute atomic E-state index is 6.56. The number of ether oxygens (including phenoxy) is 3. The van der Waals surface area contributed by atoms with Gasteiger partial charge in [-0.25, -0.2) is 5.01 Å². The molecule has 0 saturated carbocycles. The van der Waals surface area contributed by atoms with Gasteiger partial charge in [-0.3, -0.25) is 0 Å². The summed E-state index contributed by atoms with van der Waals surface area (Å²) in [5, 5.41) is 7.67. The molecular weight excluding hydrogens is 412 g/mol. The summed E-state index contributed by atoms with van der Waals surface area (Å²) < 4.78 is 17.7. The van der Waals surface area contributed by atoms with Crippen LogP contribution in [0.15, 0.2) is 71.8 Å². The van der Waals surface area contributed by atoms with Crippen molar-refractivity contribution in [3.8, 4) is 17.2 Å². The highest BCUT2D eigenvalue weighted by atomic mass is 35.5. The van der Waals surface area contributed by atoms with Gasteiger partial charge in [-0.15, -0.1) is 0 Å². The van der Waals surface area contributed by atoms with E-state index in [1.807, 2.05) is 72.6 Å². The van der Waals surface area contributed by atoms with Gasteiger partial charge in [0.05, 0.1) is 25.5 Å². The van der Waals surface area contributed by atoms with Crippen LogP contribution in [0.1, 0.15) is 42.3 Å². The topological polar surface area (TPSA) is 43.3 Å². The lowest BCUT2D eigenvalue weighted by atomic mass is 9.95. The highest BCUT2D eigenvalue weighted by molar-refractivity contribution is 6.31. The number of para-hydroxylation sites is 1. The first kappa shape index (κ1) is 19.8. The lowest BCUT2D eigenvalue weighted by molar-refractivity contribution is -0.0211. The van der Waals surface area contributed by atoms with E-state index < -0.39 is 6.23 Å². The van der Waals surface area contributed by atoms with E-state index in [1.165, 1.54) is 0 Å². The van der Waals surface area contributed by atoms with E-state index in [4.69, 9.17) is 30.9 Å². The quantitative estimate of drug-likeness (QED) is 0.494. The first-order chi connectivity index (χ1) is 15.2. The van der Waals surface area contributed by atoms with Gasteiger partial charge in [-0.2, -0.15) is 5.10 Å². The average molecular weight is 435 g/mol. The minimum Gasteiger partial charge on any atom is -0.497 e. The summed E-state index contributed by atoms with van der Waals surface area (Å²) >= 11 is 6.56. The van der Waals surface area contributed by atoms with Crippen molar-refractivity contribution in [2.75, 3.05) is 13.7 Å². The molecule has 0 unspecified atom stereocenters. The highest BCUT2D eigenvalue weighted by Crippen LogP contribution is 2.51. The molecule has 0 amide bonds. The zero-order chi connectivity index (χ0) is 21.4. The van der Waals surface area contributed by atoms with Crippen molar-refractivity contribution in [1.29, 1.82) is 0 Å². The van der Waals surface area contributed by atoms with E-state index >= 15 is 0 Å². The number of halogens is 1. The zero-order valence-electron chi connectivity index (χ0n) is 17.4. The van der Waals surface area contributed by atoms with Crippen molar-refractivity contribution in [3.63, 3.8) is 0 Å². The molecule has 2 aliphatic rings. The Balaban J connectivity index is 1.60. The molecule has 0 aliphatic carbocycles. The van der Waals surface area contributed by atoms with Crippen LogP contribution >= 0.6 is 11.6 Å². The summed E-state index contributed by atoms with van der Waals surface area (Å²) in [5.41, 5.74) is 4.02. The molecule has 5 nitrogen and oxygen atoms in total. The number of benzene rings is 3. The average Bonchev–Trinajstić information content (AvgIpc) is 3.25. The van der Waals surface area contributed by atoms with Gasteiger partial charge in [0, 0.05) is 22.6 Å². The first-order valence-electron chi connectivity index (χ1n) is 10.4. The fourth-order valence-corrected chi connectivity index (χ4v) is 4.42. The summed E-state index contributed by atoms with van der Waals surface area (Å²) in [4.78, 5) is 0. The first-order valence-corrected chi connectivity index (χ1v) is 10.7. The summed E-state index contributed by atoms with van der Waals surface area (Å²) in [6, 6.07) is 21.8. The van der Waals surface area contributed by atoms with E-state index in [0.717, 1.165) is 46.1 Å². The predicted molar refractivity (Wildman–Crippen MR) is 121 cm³/mol. The third-order valence-electron chi connectivity index (χ3n) is 5.67. The van der Waals surface area contributed by atoms with Gasteiger partial charge < -0.3 is 14.2 Å². The van der Waals surface area contributed by atoms with Crippen LogP contribution in [0, 0.1) is 0 Å². The van der Waals surface area contributed by atoms with Crippen LogP contribution < -0.4 is 14.2 Å². The van der Waals surface area contributed by atoms with Crippen LogP contribution in [-0.2, 0) is 0 Å². The van der Waals surface area contributed by atoms with Crippen LogP contribution in [0.4, 0.5) is 0 Å². The number of hydrogen-bond acceptors (Lipinski definition) is 5. The molecule has 31 heavy (non-hydrogen) atoms. The predicted octanol–water partition coefficient (Wildman–Crippen LogP) is 5.99. The van der Waals surface area contributed by atoms with Gasteiger partial charge in [0.2, 0.25) is 6.23 Å². The molecule has 2 aliphatic heterocycles. The normalized spacial score (nSPS) is 19.2. The van der Waals surface area contributed by atoms with Gasteiger partial charge in [0.1, 0.15) is 5.75 Å². The van der Waals surface area contributed by atoms with Gasteiger partial charge in [-0.05, 0) is 48.9 Å². The van der Waals surface area contributed by atoms with Crippen molar-refractivity contribution in [1.82, 2.24) is 5.01 Å². The smallest absolute Gasteiger partial charge is 0.215 e. The Kier molecular flexibility index (Phi) is 5.20. The fourth-order valence-electron chi connectivity index (χ4n) is 4.19. The summed E-state index contributed by atoms with van der Waals surface area (Å²) in [7, 11) is 1.67. The number of methoxy groups -OCH3 is 1. The second-order valence-electron chi connectivity index (χ2n) is 7.47. The molecule has 0 bridgehead atoms. The fraction of sp³-hybridized carbons (Fsp3) is 0.240. The Hall–Kier alpha value is -3.18. The van der Waals surface area contributed by atoms with Crippen molar-refractivity contribution in [2.45, 2.75) is 25.6 Å². The molecule has 0 spiro atoms. The lowest BCUT2D eigenvalue weighted by Gasteiger charge is -2.39. The molecular formula is C25H23ClN2O3. The number of rotatable bonds is 5. The largest absolute Gasteiger partial charge is 0.497 e. The molecule has 0 N–H and O–H groups in total. The molecule has 6 heteroatoms. The molecule has 3 aromatic rings. The van der Waals surface area contributed by atoms with Crippen LogP contribution in [-0.4, -0.2) is 24.4 Å². The van der Waals surface area contributed by atoms with Crippen molar-refractivity contribution >= 4 is 17.3 Å². The van der Waals surface area contributed by atoms with E-state index in [9.17, 15) is 0 Å². The van der Waals surface area contributed by atoms with Gasteiger partial charge in [0.25, 0.3) is 0 Å². The Labute approximate surface area is 186 Å². The molecule has 5 rings (SSSR count). The molecule has 2 heterocycles. The molecule has 0 radical (unpaired) electrons. The Morgan fingerprint density at radius 2 is 1.81 bits per heavy atom. The summed E-state index contributed by atoms with van der Waals surface area (Å²) in [6.45, 7) is 2.54. The van der Waals surface area contributed by atoms with E-state index in [1.54, 1.807) is 7.11 Å². The minimum atomic E-state index is -0.441. The molecule has 3 aromatic carbocycles. The van der Waals surface area contributed by atoms with Crippen molar-refractivity contribution in [2.24, 2.45) is 5.10 Å². The Morgan fingerprint density at radius 3 is 2.55 bits per heavy atom. The second-order valence-corrected chi connectivity index (χ2v) is 7.88. The monoisotopic (exact) mass is 434 g/mol. The molecule has 0 aromatic heterocycles. The van der Waals surface area contributed by atoms with Crippen LogP contribution in [0.5, 0.6) is 17.2 Å². The number of fused-ring (bicyclic) bond motifs is 3. The van der Waals surface area contributed by atoms with Crippen LogP contribution in [0.25, 0.3) is 0 Å². The van der Waals surface area contributed by atoms with Crippen LogP contribution in [0.2, 0.25) is 5.02 Å². The van der Waals surface area contributed by atoms with Crippen molar-refractivity contribution < 1.29 is 14.2 Å². The highest BCUT2D eigenvalue weighted by Gasteiger charge is 2.42. The van der Waals surface area contributed by atoms with E-state index in [-0.39, 0.29) is 6.04 Å². The third kappa shape index (κ3) is 3.49. The third-order valence-corrected chi connectivity index (χ3v) is 6.02. The van der Waals surface area contributed by atoms with Crippen LogP contribution in [0.3, 0.4) is 0 Å². The number of hydrazone groups is 1. The van der Waals surface area contributed by atoms with Gasteiger partial charge in [0.15, 0.2) is 11.5 Å². The molecule has 158 valence electrons. The zero-order valence-corrected chi connectivity index (χ0v) is 18.2. The standard InChI is InChI=1S/C25H23ClN2O3/c1-3-30-23-10-6-8-19-22-15-21(16-11-13-17(29-2)14-12-16)27-28(22)25(31-24(19)23)18-7-4-5-9-20(18)26/h4-14,22,25H,3,15H2,1-2H3/t22-,25+/m1/s1. The molecule has 0 saturated heterocycles. The minimum absolute atomic E-state index is 0.0301. The lowest BCUT2D eigenvalue weighted by Crippen LogP contribution is -2.34. The summed E-state index contributed by atoms with van der Waals surface area (Å²) in [6.07, 6.45) is 0.322. The Bertz CT molecular complexity index is 1130. The SMILES string of the molecule is CCOc1cccc2c1O[C@@H](c1ccccc1Cl)N1N=C(c3ccc(OC)cc3)C[C@H]21. The maximum Gasteiger partial charge on any atom is 0.215 e. The number of hydrogen-bond donors (Lipinski definition) is 0.